The molecule has 0 spiro atoms. The molecular formula is C13H22N2O. The van der Waals surface area contributed by atoms with E-state index in [0.717, 1.165) is 19.3 Å². The average molecular weight is 222 g/mol. The Kier molecular flexibility index (Phi) is 4.20. The first-order chi connectivity index (χ1) is 7.85. The van der Waals surface area contributed by atoms with Gasteiger partial charge in [-0.25, -0.2) is 0 Å². The van der Waals surface area contributed by atoms with Crippen molar-refractivity contribution in [3.05, 3.63) is 0 Å². The van der Waals surface area contributed by atoms with Crippen molar-refractivity contribution in [3.8, 4) is 6.07 Å². The molecule has 16 heavy (non-hydrogen) atoms. The van der Waals surface area contributed by atoms with Crippen LogP contribution in [0, 0.1) is 23.2 Å². The summed E-state index contributed by atoms with van der Waals surface area (Å²) in [5.41, 5.74) is 0. The summed E-state index contributed by atoms with van der Waals surface area (Å²) >= 11 is 0. The first-order valence-corrected chi connectivity index (χ1v) is 6.61. The highest BCUT2D eigenvalue weighted by Gasteiger charge is 2.32. The second kappa shape index (κ2) is 5.65. The number of hydrogen-bond acceptors (Lipinski definition) is 3. The number of nitrogens with zero attached hydrogens (tertiary/aromatic N) is 1. The van der Waals surface area contributed by atoms with Gasteiger partial charge in [-0.2, -0.15) is 5.26 Å². The fourth-order valence-corrected chi connectivity index (χ4v) is 3.23. The summed E-state index contributed by atoms with van der Waals surface area (Å²) in [7, 11) is 0. The van der Waals surface area contributed by atoms with E-state index in [1.54, 1.807) is 0 Å². The highest BCUT2D eigenvalue weighted by Crippen LogP contribution is 2.29. The summed E-state index contributed by atoms with van der Waals surface area (Å²) < 4.78 is 0. The summed E-state index contributed by atoms with van der Waals surface area (Å²) in [4.78, 5) is 0. The van der Waals surface area contributed by atoms with Gasteiger partial charge in [-0.1, -0.05) is 19.3 Å². The summed E-state index contributed by atoms with van der Waals surface area (Å²) in [6, 6.07) is 3.23. The zero-order valence-corrected chi connectivity index (χ0v) is 9.86. The van der Waals surface area contributed by atoms with Crippen molar-refractivity contribution in [1.29, 1.82) is 5.26 Å². The molecule has 2 rings (SSSR count). The minimum absolute atomic E-state index is 0.196. The summed E-state index contributed by atoms with van der Waals surface area (Å²) in [5, 5.41) is 22.0. The molecule has 2 saturated carbocycles. The molecule has 3 nitrogen and oxygen atoms in total. The molecule has 2 fully saturated rings. The Morgan fingerprint density at radius 3 is 2.56 bits per heavy atom. The third kappa shape index (κ3) is 2.56. The summed E-state index contributed by atoms with van der Waals surface area (Å²) in [6.07, 6.45) is 8.16. The fourth-order valence-electron chi connectivity index (χ4n) is 3.23. The van der Waals surface area contributed by atoms with Gasteiger partial charge in [0.25, 0.3) is 0 Å². The van der Waals surface area contributed by atoms with E-state index in [4.69, 9.17) is 5.26 Å². The van der Waals surface area contributed by atoms with Gasteiger partial charge in [0, 0.05) is 18.7 Å². The van der Waals surface area contributed by atoms with Crippen LogP contribution in [0.2, 0.25) is 0 Å². The molecule has 0 radical (unpaired) electrons. The van der Waals surface area contributed by atoms with Crippen LogP contribution in [0.4, 0.5) is 0 Å². The Balaban J connectivity index is 1.89. The standard InChI is InChI=1S/C13H22N2O/c14-8-10-5-3-7-12(10)15-13-6-2-1-4-11(13)9-16/h10-13,15-16H,1-7,9H2. The monoisotopic (exact) mass is 222 g/mol. The first kappa shape index (κ1) is 11.9. The Morgan fingerprint density at radius 1 is 1.06 bits per heavy atom. The maximum absolute atomic E-state index is 9.35. The van der Waals surface area contributed by atoms with Gasteiger partial charge in [0.1, 0.15) is 0 Å². The topological polar surface area (TPSA) is 56.0 Å². The van der Waals surface area contributed by atoms with E-state index in [9.17, 15) is 5.11 Å². The quantitative estimate of drug-likeness (QED) is 0.766. The van der Waals surface area contributed by atoms with Crippen LogP contribution in [0.1, 0.15) is 44.9 Å². The first-order valence-electron chi connectivity index (χ1n) is 6.61. The van der Waals surface area contributed by atoms with Crippen LogP contribution >= 0.6 is 0 Å². The van der Waals surface area contributed by atoms with Crippen LogP contribution in [0.3, 0.4) is 0 Å². The van der Waals surface area contributed by atoms with Gasteiger partial charge in [0.2, 0.25) is 0 Å². The molecule has 4 unspecified atom stereocenters. The second-order valence-electron chi connectivity index (χ2n) is 5.27. The zero-order valence-electron chi connectivity index (χ0n) is 9.86. The third-order valence-electron chi connectivity index (χ3n) is 4.25. The minimum atomic E-state index is 0.196. The van der Waals surface area contributed by atoms with Gasteiger partial charge < -0.3 is 10.4 Å². The summed E-state index contributed by atoms with van der Waals surface area (Å²) in [6.45, 7) is 0.293. The largest absolute Gasteiger partial charge is 0.396 e. The van der Waals surface area contributed by atoms with E-state index in [1.807, 2.05) is 0 Å². The lowest BCUT2D eigenvalue weighted by Gasteiger charge is -2.34. The van der Waals surface area contributed by atoms with Crippen LogP contribution in [0.5, 0.6) is 0 Å². The van der Waals surface area contributed by atoms with Gasteiger partial charge >= 0.3 is 0 Å². The van der Waals surface area contributed by atoms with E-state index < -0.39 is 0 Å². The molecular weight excluding hydrogens is 200 g/mol. The van der Waals surface area contributed by atoms with Crippen LogP contribution in [0.25, 0.3) is 0 Å². The molecule has 2 aliphatic rings. The molecule has 0 amide bonds. The van der Waals surface area contributed by atoms with Gasteiger partial charge in [0.15, 0.2) is 0 Å². The molecule has 0 aromatic heterocycles. The van der Waals surface area contributed by atoms with Gasteiger partial charge in [-0.05, 0) is 31.6 Å². The normalized spacial score (nSPS) is 39.5. The molecule has 90 valence electrons. The fraction of sp³-hybridized carbons (Fsp3) is 0.923. The van der Waals surface area contributed by atoms with E-state index in [0.29, 0.717) is 24.6 Å². The number of nitriles is 1. The predicted molar refractivity (Wildman–Crippen MR) is 62.7 cm³/mol. The van der Waals surface area contributed by atoms with Crippen molar-refractivity contribution >= 4 is 0 Å². The molecule has 0 aromatic carbocycles. The SMILES string of the molecule is N#CC1CCCC1NC1CCCCC1CO. The lowest BCUT2D eigenvalue weighted by Crippen LogP contribution is -2.46. The summed E-state index contributed by atoms with van der Waals surface area (Å²) in [5.74, 6) is 0.606. The van der Waals surface area contributed by atoms with Crippen LogP contribution in [0.15, 0.2) is 0 Å². The number of aliphatic hydroxyl groups is 1. The highest BCUT2D eigenvalue weighted by atomic mass is 16.3. The van der Waals surface area contributed by atoms with Crippen molar-refractivity contribution in [2.45, 2.75) is 57.0 Å². The lowest BCUT2D eigenvalue weighted by atomic mass is 9.84. The van der Waals surface area contributed by atoms with Crippen molar-refractivity contribution in [3.63, 3.8) is 0 Å². The Hall–Kier alpha value is -0.590. The zero-order chi connectivity index (χ0) is 11.4. The maximum Gasteiger partial charge on any atom is 0.0672 e. The number of hydrogen-bond donors (Lipinski definition) is 2. The maximum atomic E-state index is 9.35. The number of aliphatic hydroxyl groups excluding tert-OH is 1. The predicted octanol–water partition coefficient (Wildman–Crippen LogP) is 1.82. The molecule has 0 saturated heterocycles. The van der Waals surface area contributed by atoms with Crippen molar-refractivity contribution in [2.75, 3.05) is 6.61 Å². The van der Waals surface area contributed by atoms with Crippen LogP contribution < -0.4 is 5.32 Å². The van der Waals surface area contributed by atoms with Crippen LogP contribution in [-0.2, 0) is 0 Å². The molecule has 2 aliphatic carbocycles. The van der Waals surface area contributed by atoms with Crippen molar-refractivity contribution in [1.82, 2.24) is 5.32 Å². The smallest absolute Gasteiger partial charge is 0.0672 e. The Morgan fingerprint density at radius 2 is 1.81 bits per heavy atom. The van der Waals surface area contributed by atoms with Crippen molar-refractivity contribution in [2.24, 2.45) is 11.8 Å². The molecule has 0 aromatic rings. The van der Waals surface area contributed by atoms with E-state index in [1.165, 1.54) is 25.7 Å². The Bertz CT molecular complexity index is 261. The second-order valence-corrected chi connectivity index (χ2v) is 5.27. The van der Waals surface area contributed by atoms with Gasteiger partial charge in [-0.3, -0.25) is 0 Å². The third-order valence-corrected chi connectivity index (χ3v) is 4.25. The van der Waals surface area contributed by atoms with E-state index in [-0.39, 0.29) is 5.92 Å². The van der Waals surface area contributed by atoms with Gasteiger partial charge in [-0.15, -0.1) is 0 Å². The molecule has 0 aliphatic heterocycles. The van der Waals surface area contributed by atoms with Gasteiger partial charge in [0.05, 0.1) is 12.0 Å². The molecule has 3 heteroatoms. The molecule has 4 atom stereocenters. The van der Waals surface area contributed by atoms with Crippen LogP contribution in [-0.4, -0.2) is 23.8 Å². The molecule has 2 N–H and O–H groups in total. The van der Waals surface area contributed by atoms with Crippen molar-refractivity contribution < 1.29 is 5.11 Å². The minimum Gasteiger partial charge on any atom is -0.396 e. The number of rotatable bonds is 3. The number of nitrogens with one attached hydrogen (secondary N) is 1. The molecule has 0 bridgehead atoms. The lowest BCUT2D eigenvalue weighted by molar-refractivity contribution is 0.143. The Labute approximate surface area is 97.8 Å². The van der Waals surface area contributed by atoms with E-state index in [2.05, 4.69) is 11.4 Å². The molecule has 0 heterocycles. The average Bonchev–Trinajstić information content (AvgIpc) is 2.77. The highest BCUT2D eigenvalue weighted by molar-refractivity contribution is 4.98. The van der Waals surface area contributed by atoms with E-state index >= 15 is 0 Å².